The van der Waals surface area contributed by atoms with Gasteiger partial charge in [0.15, 0.2) is 0 Å². The number of hydrogen-bond donors (Lipinski definition) is 1. The number of rotatable bonds is 6. The van der Waals surface area contributed by atoms with E-state index in [1.165, 1.54) is 26.5 Å². The minimum atomic E-state index is -0.535. The summed E-state index contributed by atoms with van der Waals surface area (Å²) in [6.45, 7) is 1.59. The maximum Gasteiger partial charge on any atom is 0.332 e. The lowest BCUT2D eigenvalue weighted by molar-refractivity contribution is -0.116. The largest absolute Gasteiger partial charge is 0.332 e. The second-order valence-corrected chi connectivity index (χ2v) is 8.75. The van der Waals surface area contributed by atoms with Gasteiger partial charge < -0.3 is 5.32 Å². The normalized spacial score (nSPS) is 11.1. The molecule has 0 unspecified atom stereocenters. The number of fused-ring (bicyclic) bond motifs is 1. The standard InChI is InChI=1S/C21H18FN3O3S2/c1-13-4-5-14(11-16(13)22)23-18(26)12-25-17-7-10-30-19(17)20(27)24(21(25)28)8-6-15-3-2-9-29-15/h2-5,7,9-11H,6,8,12H2,1H3,(H,23,26). The third-order valence-corrected chi connectivity index (χ3v) is 6.58. The van der Waals surface area contributed by atoms with Crippen LogP contribution in [-0.4, -0.2) is 15.0 Å². The third-order valence-electron chi connectivity index (χ3n) is 4.76. The Morgan fingerprint density at radius 2 is 1.93 bits per heavy atom. The molecule has 6 nitrogen and oxygen atoms in total. The van der Waals surface area contributed by atoms with Crippen LogP contribution in [0.3, 0.4) is 0 Å². The monoisotopic (exact) mass is 443 g/mol. The van der Waals surface area contributed by atoms with Gasteiger partial charge in [0.1, 0.15) is 17.1 Å². The smallest absolute Gasteiger partial charge is 0.324 e. The van der Waals surface area contributed by atoms with Gasteiger partial charge in [-0.15, -0.1) is 22.7 Å². The lowest BCUT2D eigenvalue weighted by Gasteiger charge is -2.12. The maximum atomic E-state index is 13.7. The lowest BCUT2D eigenvalue weighted by atomic mass is 10.2. The number of anilines is 1. The van der Waals surface area contributed by atoms with Crippen LogP contribution in [0.15, 0.2) is 56.7 Å². The van der Waals surface area contributed by atoms with Crippen LogP contribution in [0.5, 0.6) is 0 Å². The number of thiophene rings is 2. The molecule has 1 aromatic carbocycles. The van der Waals surface area contributed by atoms with Gasteiger partial charge in [0.2, 0.25) is 5.91 Å². The van der Waals surface area contributed by atoms with Crippen LogP contribution in [0, 0.1) is 12.7 Å². The van der Waals surface area contributed by atoms with Gasteiger partial charge >= 0.3 is 5.69 Å². The summed E-state index contributed by atoms with van der Waals surface area (Å²) in [5.41, 5.74) is 0.324. The van der Waals surface area contributed by atoms with Crippen LogP contribution in [0.1, 0.15) is 10.4 Å². The minimum absolute atomic E-state index is 0.233. The molecule has 4 aromatic rings. The highest BCUT2D eigenvalue weighted by Crippen LogP contribution is 2.17. The lowest BCUT2D eigenvalue weighted by Crippen LogP contribution is -2.41. The molecule has 0 fully saturated rings. The van der Waals surface area contributed by atoms with Crippen LogP contribution in [-0.2, 0) is 24.3 Å². The highest BCUT2D eigenvalue weighted by atomic mass is 32.1. The summed E-state index contributed by atoms with van der Waals surface area (Å²) < 4.78 is 16.6. The summed E-state index contributed by atoms with van der Waals surface area (Å²) in [6, 6.07) is 9.93. The topological polar surface area (TPSA) is 73.1 Å². The number of nitrogens with zero attached hydrogens (tertiary/aromatic N) is 2. The van der Waals surface area contributed by atoms with E-state index in [1.807, 2.05) is 17.5 Å². The van der Waals surface area contributed by atoms with Crippen molar-refractivity contribution in [3.05, 3.63) is 84.3 Å². The van der Waals surface area contributed by atoms with E-state index in [-0.39, 0.29) is 18.6 Å². The second kappa shape index (κ2) is 8.37. The fourth-order valence-corrected chi connectivity index (χ4v) is 4.72. The van der Waals surface area contributed by atoms with Crippen molar-refractivity contribution in [2.75, 3.05) is 5.32 Å². The molecule has 0 aliphatic rings. The molecule has 30 heavy (non-hydrogen) atoms. The van der Waals surface area contributed by atoms with Gasteiger partial charge in [-0.2, -0.15) is 0 Å². The van der Waals surface area contributed by atoms with Gasteiger partial charge in [-0.3, -0.25) is 18.7 Å². The molecule has 0 spiro atoms. The van der Waals surface area contributed by atoms with E-state index < -0.39 is 17.4 Å². The zero-order valence-electron chi connectivity index (χ0n) is 16.1. The van der Waals surface area contributed by atoms with Gasteiger partial charge in [-0.25, -0.2) is 9.18 Å². The molecule has 0 aliphatic heterocycles. The van der Waals surface area contributed by atoms with Crippen molar-refractivity contribution < 1.29 is 9.18 Å². The number of amides is 1. The van der Waals surface area contributed by atoms with E-state index in [0.717, 1.165) is 4.88 Å². The van der Waals surface area contributed by atoms with E-state index in [1.54, 1.807) is 41.8 Å². The van der Waals surface area contributed by atoms with E-state index in [0.29, 0.717) is 27.9 Å². The van der Waals surface area contributed by atoms with Crippen LogP contribution >= 0.6 is 22.7 Å². The van der Waals surface area contributed by atoms with Crippen molar-refractivity contribution in [1.82, 2.24) is 9.13 Å². The first kappa shape index (κ1) is 20.2. The van der Waals surface area contributed by atoms with E-state index in [2.05, 4.69) is 5.32 Å². The summed E-state index contributed by atoms with van der Waals surface area (Å²) in [6.07, 6.45) is 0.554. The second-order valence-electron chi connectivity index (χ2n) is 6.80. The molecule has 3 aromatic heterocycles. The number of carbonyl (C=O) groups excluding carboxylic acids is 1. The molecular formula is C21H18FN3O3S2. The molecule has 0 bridgehead atoms. The Bertz CT molecular complexity index is 1340. The molecule has 0 aliphatic carbocycles. The minimum Gasteiger partial charge on any atom is -0.324 e. The molecular weight excluding hydrogens is 425 g/mol. The van der Waals surface area contributed by atoms with E-state index in [9.17, 15) is 18.8 Å². The third kappa shape index (κ3) is 3.99. The predicted molar refractivity (Wildman–Crippen MR) is 118 cm³/mol. The first-order chi connectivity index (χ1) is 14.4. The summed E-state index contributed by atoms with van der Waals surface area (Å²) in [5, 5.41) is 6.27. The number of carbonyl (C=O) groups is 1. The summed E-state index contributed by atoms with van der Waals surface area (Å²) in [5.74, 6) is -0.899. The number of aromatic nitrogens is 2. The number of halogens is 1. The van der Waals surface area contributed by atoms with Crippen molar-refractivity contribution in [2.24, 2.45) is 0 Å². The first-order valence-electron chi connectivity index (χ1n) is 9.23. The molecule has 154 valence electrons. The Hall–Kier alpha value is -3.04. The van der Waals surface area contributed by atoms with Gasteiger partial charge in [0.25, 0.3) is 5.56 Å². The zero-order chi connectivity index (χ0) is 21.3. The first-order valence-corrected chi connectivity index (χ1v) is 11.0. The van der Waals surface area contributed by atoms with Crippen LogP contribution in [0.2, 0.25) is 0 Å². The quantitative estimate of drug-likeness (QED) is 0.495. The average Bonchev–Trinajstić information content (AvgIpc) is 3.40. The number of nitrogens with one attached hydrogen (secondary N) is 1. The molecule has 0 radical (unpaired) electrons. The van der Waals surface area contributed by atoms with Crippen molar-refractivity contribution in [2.45, 2.75) is 26.4 Å². The predicted octanol–water partition coefficient (Wildman–Crippen LogP) is 3.62. The molecule has 4 rings (SSSR count). The maximum absolute atomic E-state index is 13.7. The van der Waals surface area contributed by atoms with Gasteiger partial charge in [0, 0.05) is 17.1 Å². The van der Waals surface area contributed by atoms with Gasteiger partial charge in [-0.05, 0) is 53.9 Å². The molecule has 0 saturated carbocycles. The van der Waals surface area contributed by atoms with Crippen molar-refractivity contribution >= 4 is 44.5 Å². The Morgan fingerprint density at radius 1 is 1.10 bits per heavy atom. The Morgan fingerprint density at radius 3 is 2.67 bits per heavy atom. The van der Waals surface area contributed by atoms with E-state index in [4.69, 9.17) is 0 Å². The fraction of sp³-hybridized carbons (Fsp3) is 0.190. The molecule has 3 heterocycles. The molecule has 1 N–H and O–H groups in total. The molecule has 0 saturated heterocycles. The van der Waals surface area contributed by atoms with E-state index >= 15 is 0 Å². The van der Waals surface area contributed by atoms with Crippen LogP contribution < -0.4 is 16.6 Å². The summed E-state index contributed by atoms with van der Waals surface area (Å²) in [4.78, 5) is 39.5. The van der Waals surface area contributed by atoms with Gasteiger partial charge in [0.05, 0.1) is 5.52 Å². The SMILES string of the molecule is Cc1ccc(NC(=O)Cn2c(=O)n(CCc3cccs3)c(=O)c3sccc32)cc1F. The molecule has 9 heteroatoms. The van der Waals surface area contributed by atoms with Gasteiger partial charge in [-0.1, -0.05) is 12.1 Å². The van der Waals surface area contributed by atoms with Crippen LogP contribution in [0.25, 0.3) is 10.2 Å². The Labute approximate surface area is 178 Å². The number of hydrogen-bond acceptors (Lipinski definition) is 5. The van der Waals surface area contributed by atoms with Crippen molar-refractivity contribution in [3.8, 4) is 0 Å². The van der Waals surface area contributed by atoms with Crippen LogP contribution in [0.4, 0.5) is 10.1 Å². The Balaban J connectivity index is 1.64. The summed E-state index contributed by atoms with van der Waals surface area (Å²) >= 11 is 2.80. The average molecular weight is 444 g/mol. The highest BCUT2D eigenvalue weighted by Gasteiger charge is 2.17. The van der Waals surface area contributed by atoms with Crippen molar-refractivity contribution in [1.29, 1.82) is 0 Å². The fourth-order valence-electron chi connectivity index (χ4n) is 3.17. The Kier molecular flexibility index (Phi) is 5.65. The highest BCUT2D eigenvalue weighted by molar-refractivity contribution is 7.17. The molecule has 1 amide bonds. The number of benzene rings is 1. The van der Waals surface area contributed by atoms with Crippen molar-refractivity contribution in [3.63, 3.8) is 0 Å². The zero-order valence-corrected chi connectivity index (χ0v) is 17.7. The molecule has 0 atom stereocenters. The summed E-state index contributed by atoms with van der Waals surface area (Å²) in [7, 11) is 0. The number of aryl methyl sites for hydroxylation is 2.